The maximum absolute atomic E-state index is 13.1. The smallest absolute Gasteiger partial charge is 0.229 e. The number of fused-ring (bicyclic) bond motifs is 4. The summed E-state index contributed by atoms with van der Waals surface area (Å²) < 4.78 is 23.7. The molecular formula is C28H15FO6. The first-order valence-corrected chi connectivity index (χ1v) is 10.4. The first-order valence-electron chi connectivity index (χ1n) is 10.4. The van der Waals surface area contributed by atoms with Crippen molar-refractivity contribution < 1.29 is 32.4 Å². The number of furan rings is 2. The summed E-state index contributed by atoms with van der Waals surface area (Å²) >= 11 is 0. The van der Waals surface area contributed by atoms with Gasteiger partial charge in [0.1, 0.15) is 17.3 Å². The van der Waals surface area contributed by atoms with Crippen molar-refractivity contribution in [3.63, 3.8) is 0 Å². The number of ketones is 4. The number of hydrogen-bond acceptors (Lipinski definition) is 6. The number of halogens is 1. The molecular weight excluding hydrogens is 451 g/mol. The Morgan fingerprint density at radius 1 is 0.571 bits per heavy atom. The third kappa shape index (κ3) is 3.41. The van der Waals surface area contributed by atoms with Crippen molar-refractivity contribution in [3.8, 4) is 0 Å². The van der Waals surface area contributed by atoms with E-state index in [1.807, 2.05) is 0 Å². The zero-order valence-electron chi connectivity index (χ0n) is 18.1. The summed E-state index contributed by atoms with van der Waals surface area (Å²) in [6, 6.07) is 13.3. The molecule has 4 aromatic rings. The molecule has 0 unspecified atom stereocenters. The van der Waals surface area contributed by atoms with Crippen LogP contribution in [0.5, 0.6) is 0 Å². The Bertz CT molecular complexity index is 1560. The van der Waals surface area contributed by atoms with E-state index >= 15 is 0 Å². The minimum atomic E-state index is -0.561. The molecule has 0 saturated heterocycles. The van der Waals surface area contributed by atoms with E-state index in [1.165, 1.54) is 24.3 Å². The topological polar surface area (TPSA) is 94.6 Å². The van der Waals surface area contributed by atoms with Gasteiger partial charge in [0.25, 0.3) is 0 Å². The summed E-state index contributed by atoms with van der Waals surface area (Å²) in [6.45, 7) is 7.07. The van der Waals surface area contributed by atoms with E-state index in [0.29, 0.717) is 28.2 Å². The van der Waals surface area contributed by atoms with Crippen LogP contribution >= 0.6 is 0 Å². The van der Waals surface area contributed by atoms with Crippen molar-refractivity contribution in [1.82, 2.24) is 0 Å². The van der Waals surface area contributed by atoms with Crippen molar-refractivity contribution in [2.75, 3.05) is 0 Å². The number of hydrogen-bond donors (Lipinski definition) is 0. The average Bonchev–Trinajstić information content (AvgIpc) is 3.52. The lowest BCUT2D eigenvalue weighted by atomic mass is 9.88. The van der Waals surface area contributed by atoms with E-state index in [0.717, 1.165) is 12.1 Å². The largest absolute Gasteiger partial charge is 0.452 e. The van der Waals surface area contributed by atoms with Gasteiger partial charge in [0.15, 0.2) is 23.1 Å². The highest BCUT2D eigenvalue weighted by Crippen LogP contribution is 2.31. The highest BCUT2D eigenvalue weighted by Gasteiger charge is 2.34. The standard InChI is InChI=1S/C14H7FO3.C14H8O3/c1-2-8-6-11-12(16)9-4-3-7(15)5-10(9)13(17)14(11)18-8;1-2-8-7-11-12(15)9-5-3-4-6-10(9)13(16)14(11)17-8/h2-6H,1H2;2-7H,1H2. The van der Waals surface area contributed by atoms with Crippen LogP contribution in [0, 0.1) is 5.82 Å². The van der Waals surface area contributed by atoms with Gasteiger partial charge in [0.05, 0.1) is 11.1 Å². The predicted octanol–water partition coefficient (Wildman–Crippen LogP) is 5.54. The summed E-state index contributed by atoms with van der Waals surface area (Å²) in [5.41, 5.74) is 1.59. The Kier molecular flexibility index (Phi) is 5.10. The molecule has 35 heavy (non-hydrogen) atoms. The molecule has 2 heterocycles. The molecule has 0 spiro atoms. The van der Waals surface area contributed by atoms with Crippen molar-refractivity contribution >= 4 is 35.3 Å². The second-order valence-corrected chi connectivity index (χ2v) is 7.74. The molecule has 0 atom stereocenters. The van der Waals surface area contributed by atoms with E-state index in [-0.39, 0.29) is 45.6 Å². The Balaban J connectivity index is 0.000000145. The van der Waals surface area contributed by atoms with Crippen LogP contribution in [-0.4, -0.2) is 23.1 Å². The van der Waals surface area contributed by atoms with Gasteiger partial charge in [0, 0.05) is 22.3 Å². The average molecular weight is 466 g/mol. The molecule has 0 fully saturated rings. The van der Waals surface area contributed by atoms with Crippen LogP contribution in [0.1, 0.15) is 75.6 Å². The van der Waals surface area contributed by atoms with Crippen LogP contribution in [-0.2, 0) is 0 Å². The van der Waals surface area contributed by atoms with Crippen LogP contribution in [0.2, 0.25) is 0 Å². The highest BCUT2D eigenvalue weighted by molar-refractivity contribution is 6.28. The maximum Gasteiger partial charge on any atom is 0.229 e. The van der Waals surface area contributed by atoms with Gasteiger partial charge in [-0.2, -0.15) is 0 Å². The van der Waals surface area contributed by atoms with Gasteiger partial charge in [-0.05, 0) is 42.5 Å². The minimum Gasteiger partial charge on any atom is -0.452 e. The van der Waals surface area contributed by atoms with Crippen molar-refractivity contribution in [2.24, 2.45) is 0 Å². The lowest BCUT2D eigenvalue weighted by Crippen LogP contribution is -2.19. The van der Waals surface area contributed by atoms with Gasteiger partial charge in [-0.3, -0.25) is 19.2 Å². The van der Waals surface area contributed by atoms with E-state index in [4.69, 9.17) is 8.83 Å². The summed E-state index contributed by atoms with van der Waals surface area (Å²) in [6.07, 6.45) is 2.88. The molecule has 0 bridgehead atoms. The van der Waals surface area contributed by atoms with Gasteiger partial charge in [-0.15, -0.1) is 0 Å². The fourth-order valence-corrected chi connectivity index (χ4v) is 4.01. The van der Waals surface area contributed by atoms with Crippen LogP contribution in [0.3, 0.4) is 0 Å². The van der Waals surface area contributed by atoms with Gasteiger partial charge in [-0.1, -0.05) is 37.4 Å². The molecule has 2 aromatic heterocycles. The summed E-state index contributed by atoms with van der Waals surface area (Å²) in [4.78, 5) is 48.5. The molecule has 0 amide bonds. The van der Waals surface area contributed by atoms with Crippen molar-refractivity contribution in [3.05, 3.63) is 130 Å². The van der Waals surface area contributed by atoms with E-state index in [9.17, 15) is 23.6 Å². The monoisotopic (exact) mass is 466 g/mol. The normalized spacial score (nSPS) is 13.2. The molecule has 7 heteroatoms. The fourth-order valence-electron chi connectivity index (χ4n) is 4.01. The van der Waals surface area contributed by atoms with E-state index in [2.05, 4.69) is 13.2 Å². The van der Waals surface area contributed by atoms with E-state index < -0.39 is 11.6 Å². The lowest BCUT2D eigenvalue weighted by molar-refractivity contribution is 0.0959. The Labute approximate surface area is 198 Å². The second-order valence-electron chi connectivity index (χ2n) is 7.74. The van der Waals surface area contributed by atoms with Crippen LogP contribution in [0.25, 0.3) is 12.2 Å². The Morgan fingerprint density at radius 2 is 1.03 bits per heavy atom. The van der Waals surface area contributed by atoms with Crippen molar-refractivity contribution in [1.29, 1.82) is 0 Å². The molecule has 0 radical (unpaired) electrons. The third-order valence-electron chi connectivity index (χ3n) is 5.69. The molecule has 0 aliphatic heterocycles. The highest BCUT2D eigenvalue weighted by atomic mass is 19.1. The van der Waals surface area contributed by atoms with Crippen molar-refractivity contribution in [2.45, 2.75) is 0 Å². The zero-order chi connectivity index (χ0) is 24.9. The lowest BCUT2D eigenvalue weighted by Gasteiger charge is -2.12. The van der Waals surface area contributed by atoms with Crippen LogP contribution in [0.15, 0.2) is 76.6 Å². The van der Waals surface area contributed by atoms with Crippen LogP contribution in [0.4, 0.5) is 4.39 Å². The first kappa shape index (κ1) is 21.9. The van der Waals surface area contributed by atoms with Gasteiger partial charge >= 0.3 is 0 Å². The quantitative estimate of drug-likeness (QED) is 0.333. The molecule has 6 rings (SSSR count). The molecule has 2 aliphatic rings. The Morgan fingerprint density at radius 3 is 1.54 bits per heavy atom. The van der Waals surface area contributed by atoms with Gasteiger partial charge < -0.3 is 8.83 Å². The number of rotatable bonds is 2. The van der Waals surface area contributed by atoms with E-state index in [1.54, 1.807) is 30.3 Å². The summed E-state index contributed by atoms with van der Waals surface area (Å²) in [5, 5.41) is 0. The Hall–Kier alpha value is -4.91. The molecule has 2 aliphatic carbocycles. The summed E-state index contributed by atoms with van der Waals surface area (Å²) in [5.74, 6) is -0.955. The fraction of sp³-hybridized carbons (Fsp3) is 0. The molecule has 2 aromatic carbocycles. The zero-order valence-corrected chi connectivity index (χ0v) is 18.1. The minimum absolute atomic E-state index is 0.0393. The first-order chi connectivity index (χ1) is 16.8. The van der Waals surface area contributed by atoms with Gasteiger partial charge in [-0.25, -0.2) is 4.39 Å². The number of carbonyl (C=O) groups excluding carboxylic acids is 4. The second kappa shape index (κ2) is 8.14. The van der Waals surface area contributed by atoms with Crippen LogP contribution < -0.4 is 0 Å². The SMILES string of the molecule is C=Cc1cc2c(o1)C(=O)c1cc(F)ccc1C2=O.C=Cc1cc2c(o1)C(=O)c1ccccc1C2=O. The third-order valence-corrected chi connectivity index (χ3v) is 5.69. The maximum atomic E-state index is 13.1. The molecule has 0 saturated carbocycles. The number of carbonyl (C=O) groups is 4. The number of benzene rings is 2. The van der Waals surface area contributed by atoms with Gasteiger partial charge in [0.2, 0.25) is 11.6 Å². The predicted molar refractivity (Wildman–Crippen MR) is 124 cm³/mol. The molecule has 0 N–H and O–H groups in total. The molecule has 170 valence electrons. The summed E-state index contributed by atoms with van der Waals surface area (Å²) in [7, 11) is 0. The molecule has 6 nitrogen and oxygen atoms in total.